The van der Waals surface area contributed by atoms with E-state index in [-0.39, 0.29) is 23.2 Å². The zero-order valence-electron chi connectivity index (χ0n) is 13.6. The lowest BCUT2D eigenvalue weighted by atomic mass is 10.1. The molecule has 26 heavy (non-hydrogen) atoms. The summed E-state index contributed by atoms with van der Waals surface area (Å²) in [4.78, 5) is 31.2. The van der Waals surface area contributed by atoms with Crippen molar-refractivity contribution in [3.63, 3.8) is 0 Å². The third-order valence-corrected chi connectivity index (χ3v) is 3.68. The fourth-order valence-electron chi connectivity index (χ4n) is 2.33. The van der Waals surface area contributed by atoms with Crippen molar-refractivity contribution in [3.05, 3.63) is 51.4 Å². The first-order chi connectivity index (χ1) is 12.3. The Morgan fingerprint density at radius 2 is 2.12 bits per heavy atom. The number of hydrogen-bond acceptors (Lipinski definition) is 7. The summed E-state index contributed by atoms with van der Waals surface area (Å²) in [6.07, 6.45) is 0.992. The summed E-state index contributed by atoms with van der Waals surface area (Å²) in [6.45, 7) is 1.61. The van der Waals surface area contributed by atoms with Gasteiger partial charge in [-0.2, -0.15) is 4.98 Å². The van der Waals surface area contributed by atoms with Crippen LogP contribution in [-0.4, -0.2) is 34.0 Å². The van der Waals surface area contributed by atoms with E-state index in [2.05, 4.69) is 9.97 Å². The number of nitro groups is 1. The molecule has 2 aromatic rings. The number of carbonyl (C=O) groups excluding carboxylic acids is 1. The lowest BCUT2D eigenvalue weighted by Gasteiger charge is -2.29. The van der Waals surface area contributed by atoms with Crippen molar-refractivity contribution in [2.45, 2.75) is 19.4 Å². The van der Waals surface area contributed by atoms with Crippen LogP contribution < -0.4 is 4.90 Å². The van der Waals surface area contributed by atoms with Crippen LogP contribution in [0.15, 0.2) is 24.4 Å². The Balaban J connectivity index is 2.76. The van der Waals surface area contributed by atoms with Crippen LogP contribution in [0.1, 0.15) is 13.3 Å². The highest BCUT2D eigenvalue weighted by atomic mass is 35.5. The monoisotopic (exact) mass is 386 g/mol. The molecule has 0 aliphatic heterocycles. The van der Waals surface area contributed by atoms with Crippen molar-refractivity contribution in [1.29, 1.82) is 0 Å². The topological polar surface area (TPSA) is 98.5 Å². The highest BCUT2D eigenvalue weighted by molar-refractivity contribution is 6.28. The van der Waals surface area contributed by atoms with Gasteiger partial charge >= 0.3 is 11.7 Å². The van der Waals surface area contributed by atoms with Crippen molar-refractivity contribution in [3.8, 4) is 0 Å². The van der Waals surface area contributed by atoms with Gasteiger partial charge in [0.2, 0.25) is 11.1 Å². The van der Waals surface area contributed by atoms with Gasteiger partial charge in [-0.15, -0.1) is 0 Å². The standard InChI is InChI=1S/C15H13ClF2N4O4/c1-3-11(14(23)26-2)21(8-4-5-9(17)10(18)6-8)13-12(22(24)25)7-19-15(16)20-13/h4-7,11H,3H2,1-2H3. The molecule has 138 valence electrons. The van der Waals surface area contributed by atoms with E-state index in [9.17, 15) is 23.7 Å². The largest absolute Gasteiger partial charge is 0.467 e. The van der Waals surface area contributed by atoms with Crippen LogP contribution >= 0.6 is 11.6 Å². The second-order valence-electron chi connectivity index (χ2n) is 5.02. The van der Waals surface area contributed by atoms with Gasteiger partial charge in [-0.25, -0.2) is 18.6 Å². The quantitative estimate of drug-likeness (QED) is 0.324. The van der Waals surface area contributed by atoms with Gasteiger partial charge in [0.25, 0.3) is 0 Å². The molecule has 0 N–H and O–H groups in total. The molecule has 0 spiro atoms. The molecule has 0 saturated carbocycles. The van der Waals surface area contributed by atoms with Crippen molar-refractivity contribution >= 4 is 34.8 Å². The average Bonchev–Trinajstić information content (AvgIpc) is 2.61. The molecule has 0 bridgehead atoms. The number of aromatic nitrogens is 2. The van der Waals surface area contributed by atoms with Crippen LogP contribution in [0.25, 0.3) is 0 Å². The first-order valence-electron chi connectivity index (χ1n) is 7.29. The SMILES string of the molecule is CCC(C(=O)OC)N(c1ccc(F)c(F)c1)c1nc(Cl)ncc1[N+](=O)[O-]. The van der Waals surface area contributed by atoms with E-state index in [1.165, 1.54) is 0 Å². The van der Waals surface area contributed by atoms with Gasteiger partial charge in [-0.1, -0.05) is 6.92 Å². The highest BCUT2D eigenvalue weighted by Crippen LogP contribution is 2.35. The minimum absolute atomic E-state index is 0.0426. The number of carbonyl (C=O) groups is 1. The Morgan fingerprint density at radius 1 is 1.42 bits per heavy atom. The fraction of sp³-hybridized carbons (Fsp3) is 0.267. The maximum atomic E-state index is 13.7. The van der Waals surface area contributed by atoms with E-state index in [4.69, 9.17) is 16.3 Å². The van der Waals surface area contributed by atoms with Crippen molar-refractivity contribution in [2.75, 3.05) is 12.0 Å². The van der Waals surface area contributed by atoms with Gasteiger partial charge in [-0.05, 0) is 30.2 Å². The summed E-state index contributed by atoms with van der Waals surface area (Å²) < 4.78 is 31.8. The summed E-state index contributed by atoms with van der Waals surface area (Å²) in [5.74, 6) is -3.41. The third kappa shape index (κ3) is 3.85. The predicted molar refractivity (Wildman–Crippen MR) is 88.3 cm³/mol. The molecule has 1 unspecified atom stereocenters. The second-order valence-corrected chi connectivity index (χ2v) is 5.36. The lowest BCUT2D eigenvalue weighted by molar-refractivity contribution is -0.384. The zero-order valence-corrected chi connectivity index (χ0v) is 14.4. The van der Waals surface area contributed by atoms with E-state index in [0.717, 1.165) is 36.4 Å². The molecule has 0 amide bonds. The normalized spacial score (nSPS) is 11.7. The maximum Gasteiger partial charge on any atom is 0.330 e. The minimum Gasteiger partial charge on any atom is -0.467 e. The van der Waals surface area contributed by atoms with Crippen LogP contribution in [-0.2, 0) is 9.53 Å². The van der Waals surface area contributed by atoms with E-state index in [1.807, 2.05) is 0 Å². The number of anilines is 2. The summed E-state index contributed by atoms with van der Waals surface area (Å²) in [5.41, 5.74) is -0.611. The number of halogens is 3. The molecule has 8 nitrogen and oxygen atoms in total. The molecule has 1 aromatic carbocycles. The Labute approximate surface area is 151 Å². The summed E-state index contributed by atoms with van der Waals surface area (Å²) >= 11 is 5.75. The molecule has 1 heterocycles. The summed E-state index contributed by atoms with van der Waals surface area (Å²) in [6, 6.07) is 1.68. The van der Waals surface area contributed by atoms with Crippen LogP contribution in [0.4, 0.5) is 26.0 Å². The highest BCUT2D eigenvalue weighted by Gasteiger charge is 2.34. The van der Waals surface area contributed by atoms with Crippen molar-refractivity contribution in [1.82, 2.24) is 9.97 Å². The molecule has 1 atom stereocenters. The first-order valence-corrected chi connectivity index (χ1v) is 7.67. The number of ether oxygens (including phenoxy) is 1. The molecule has 0 fully saturated rings. The molecule has 1 aromatic heterocycles. The zero-order chi connectivity index (χ0) is 19.4. The third-order valence-electron chi connectivity index (χ3n) is 3.50. The molecule has 0 radical (unpaired) electrons. The van der Waals surface area contributed by atoms with Crippen LogP contribution in [0.3, 0.4) is 0 Å². The Kier molecular flexibility index (Phi) is 5.98. The van der Waals surface area contributed by atoms with E-state index >= 15 is 0 Å². The van der Waals surface area contributed by atoms with Gasteiger partial charge in [0.1, 0.15) is 12.2 Å². The first kappa shape index (κ1) is 19.4. The number of nitrogens with zero attached hydrogens (tertiary/aromatic N) is 4. The van der Waals surface area contributed by atoms with Crippen molar-refractivity contribution < 1.29 is 23.2 Å². The van der Waals surface area contributed by atoms with Crippen LogP contribution in [0.5, 0.6) is 0 Å². The molecular weight excluding hydrogens is 374 g/mol. The molecule has 0 saturated heterocycles. The van der Waals surface area contributed by atoms with Gasteiger partial charge in [-0.3, -0.25) is 10.1 Å². The summed E-state index contributed by atoms with van der Waals surface area (Å²) in [5, 5.41) is 11.0. The van der Waals surface area contributed by atoms with Gasteiger partial charge < -0.3 is 9.64 Å². The number of esters is 1. The minimum atomic E-state index is -1.20. The number of benzene rings is 1. The number of rotatable bonds is 6. The van der Waals surface area contributed by atoms with Gasteiger partial charge in [0.15, 0.2) is 11.6 Å². The maximum absolute atomic E-state index is 13.7. The van der Waals surface area contributed by atoms with E-state index < -0.39 is 34.3 Å². The van der Waals surface area contributed by atoms with Crippen LogP contribution in [0, 0.1) is 21.7 Å². The molecule has 0 aliphatic carbocycles. The van der Waals surface area contributed by atoms with Gasteiger partial charge in [0, 0.05) is 11.8 Å². The fourth-order valence-corrected chi connectivity index (χ4v) is 2.46. The second kappa shape index (κ2) is 8.00. The number of methoxy groups -OCH3 is 1. The lowest BCUT2D eigenvalue weighted by Crippen LogP contribution is -2.39. The summed E-state index contributed by atoms with van der Waals surface area (Å²) in [7, 11) is 1.13. The predicted octanol–water partition coefficient (Wildman–Crippen LogP) is 3.41. The van der Waals surface area contributed by atoms with E-state index in [1.54, 1.807) is 6.92 Å². The van der Waals surface area contributed by atoms with E-state index in [0.29, 0.717) is 0 Å². The Morgan fingerprint density at radius 3 is 2.65 bits per heavy atom. The Bertz CT molecular complexity index is 852. The Hall–Kier alpha value is -2.88. The van der Waals surface area contributed by atoms with Gasteiger partial charge in [0.05, 0.1) is 12.0 Å². The number of hydrogen-bond donors (Lipinski definition) is 0. The smallest absolute Gasteiger partial charge is 0.330 e. The van der Waals surface area contributed by atoms with Crippen LogP contribution in [0.2, 0.25) is 5.28 Å². The average molecular weight is 387 g/mol. The van der Waals surface area contributed by atoms with Crippen molar-refractivity contribution in [2.24, 2.45) is 0 Å². The molecular formula is C15H13ClF2N4O4. The molecule has 11 heteroatoms. The molecule has 0 aliphatic rings. The molecule has 2 rings (SSSR count).